The van der Waals surface area contributed by atoms with Gasteiger partial charge >= 0.3 is 5.97 Å². The number of hydrogen-bond donors (Lipinski definition) is 0. The predicted molar refractivity (Wildman–Crippen MR) is 93.1 cm³/mol. The van der Waals surface area contributed by atoms with Crippen molar-refractivity contribution in [3.63, 3.8) is 0 Å². The zero-order valence-corrected chi connectivity index (χ0v) is 14.1. The van der Waals surface area contributed by atoms with Gasteiger partial charge in [0.2, 0.25) is 5.90 Å². The minimum atomic E-state index is -0.507. The third-order valence-electron chi connectivity index (χ3n) is 3.65. The quantitative estimate of drug-likeness (QED) is 0.619. The number of benzene rings is 2. The van der Waals surface area contributed by atoms with Gasteiger partial charge in [0, 0.05) is 5.56 Å². The SMILES string of the molecule is COc1cccc(C2=N/C(=C/c3ccc(OC)c(OC)c3)C(=O)O2)c1. The van der Waals surface area contributed by atoms with Crippen molar-refractivity contribution in [1.29, 1.82) is 0 Å². The molecule has 1 aliphatic heterocycles. The minimum Gasteiger partial charge on any atom is -0.497 e. The van der Waals surface area contributed by atoms with Gasteiger partial charge in [0.05, 0.1) is 21.3 Å². The maximum absolute atomic E-state index is 12.1. The van der Waals surface area contributed by atoms with E-state index in [1.165, 1.54) is 0 Å². The Bertz CT molecular complexity index is 870. The predicted octanol–water partition coefficient (Wildman–Crippen LogP) is 3.06. The summed E-state index contributed by atoms with van der Waals surface area (Å²) in [6.45, 7) is 0. The number of carbonyl (C=O) groups is 1. The largest absolute Gasteiger partial charge is 0.497 e. The Balaban J connectivity index is 1.93. The molecule has 0 spiro atoms. The third kappa shape index (κ3) is 3.47. The zero-order valence-electron chi connectivity index (χ0n) is 14.1. The molecule has 2 aromatic rings. The molecule has 0 atom stereocenters. The topological polar surface area (TPSA) is 66.3 Å². The standard InChI is InChI=1S/C19H17NO5/c1-22-14-6-4-5-13(11-14)18-20-15(19(21)25-18)9-12-7-8-16(23-2)17(10-12)24-3/h4-11H,1-3H3/b15-9+. The van der Waals surface area contributed by atoms with Crippen molar-refractivity contribution in [2.45, 2.75) is 0 Å². The first-order valence-electron chi connectivity index (χ1n) is 7.53. The van der Waals surface area contributed by atoms with Crippen molar-refractivity contribution in [1.82, 2.24) is 0 Å². The van der Waals surface area contributed by atoms with Crippen LogP contribution >= 0.6 is 0 Å². The average Bonchev–Trinajstić information content (AvgIpc) is 3.02. The second-order valence-corrected chi connectivity index (χ2v) is 5.18. The van der Waals surface area contributed by atoms with E-state index in [-0.39, 0.29) is 11.6 Å². The average molecular weight is 339 g/mol. The fourth-order valence-corrected chi connectivity index (χ4v) is 2.39. The van der Waals surface area contributed by atoms with Gasteiger partial charge in [-0.05, 0) is 42.0 Å². The van der Waals surface area contributed by atoms with E-state index >= 15 is 0 Å². The van der Waals surface area contributed by atoms with Crippen molar-refractivity contribution in [3.8, 4) is 17.2 Å². The number of ether oxygens (including phenoxy) is 4. The van der Waals surface area contributed by atoms with Crippen molar-refractivity contribution < 1.29 is 23.7 Å². The van der Waals surface area contributed by atoms with Crippen LogP contribution in [0.1, 0.15) is 11.1 Å². The van der Waals surface area contributed by atoms with Gasteiger partial charge < -0.3 is 18.9 Å². The second kappa shape index (κ2) is 7.09. The van der Waals surface area contributed by atoms with E-state index in [1.54, 1.807) is 69.9 Å². The molecule has 0 aromatic heterocycles. The molecule has 0 aliphatic carbocycles. The van der Waals surface area contributed by atoms with Crippen LogP contribution < -0.4 is 14.2 Å². The Morgan fingerprint density at radius 3 is 2.48 bits per heavy atom. The highest BCUT2D eigenvalue weighted by atomic mass is 16.6. The second-order valence-electron chi connectivity index (χ2n) is 5.18. The summed E-state index contributed by atoms with van der Waals surface area (Å²) in [5.41, 5.74) is 1.63. The van der Waals surface area contributed by atoms with Gasteiger partial charge in [-0.1, -0.05) is 12.1 Å². The van der Waals surface area contributed by atoms with Crippen LogP contribution in [0.25, 0.3) is 6.08 Å². The maximum Gasteiger partial charge on any atom is 0.363 e. The molecular weight excluding hydrogens is 322 g/mol. The summed E-state index contributed by atoms with van der Waals surface area (Å²) in [4.78, 5) is 16.4. The summed E-state index contributed by atoms with van der Waals surface area (Å²) in [7, 11) is 4.69. The van der Waals surface area contributed by atoms with E-state index < -0.39 is 5.97 Å². The number of esters is 1. The van der Waals surface area contributed by atoms with Crippen molar-refractivity contribution >= 4 is 17.9 Å². The summed E-state index contributed by atoms with van der Waals surface area (Å²) in [5, 5.41) is 0. The van der Waals surface area contributed by atoms with Crippen LogP contribution in [0.4, 0.5) is 0 Å². The van der Waals surface area contributed by atoms with Crippen LogP contribution in [0, 0.1) is 0 Å². The van der Waals surface area contributed by atoms with Crippen molar-refractivity contribution in [2.75, 3.05) is 21.3 Å². The number of cyclic esters (lactones) is 1. The van der Waals surface area contributed by atoms with Crippen LogP contribution in [0.2, 0.25) is 0 Å². The number of nitrogens with zero attached hydrogens (tertiary/aromatic N) is 1. The van der Waals surface area contributed by atoms with E-state index in [9.17, 15) is 4.79 Å². The highest BCUT2D eigenvalue weighted by Crippen LogP contribution is 2.29. The Hall–Kier alpha value is -3.28. The lowest BCUT2D eigenvalue weighted by Crippen LogP contribution is -2.05. The molecule has 128 valence electrons. The van der Waals surface area contributed by atoms with Crippen LogP contribution in [0.3, 0.4) is 0 Å². The number of aliphatic imine (C=N–C) groups is 1. The molecule has 3 rings (SSSR count). The first-order valence-corrected chi connectivity index (χ1v) is 7.53. The Labute approximate surface area is 145 Å². The molecule has 0 radical (unpaired) electrons. The van der Waals surface area contributed by atoms with Crippen LogP contribution in [-0.2, 0) is 9.53 Å². The van der Waals surface area contributed by atoms with Crippen LogP contribution in [0.5, 0.6) is 17.2 Å². The molecule has 0 fully saturated rings. The molecule has 6 heteroatoms. The lowest BCUT2D eigenvalue weighted by molar-refractivity contribution is -0.129. The maximum atomic E-state index is 12.1. The smallest absolute Gasteiger partial charge is 0.363 e. The summed E-state index contributed by atoms with van der Waals surface area (Å²) < 4.78 is 20.9. The first kappa shape index (κ1) is 16.6. The van der Waals surface area contributed by atoms with E-state index in [2.05, 4.69) is 4.99 Å². The lowest BCUT2D eigenvalue weighted by atomic mass is 10.1. The number of hydrogen-bond acceptors (Lipinski definition) is 6. The lowest BCUT2D eigenvalue weighted by Gasteiger charge is -2.07. The Morgan fingerprint density at radius 1 is 0.960 bits per heavy atom. The fraction of sp³-hybridized carbons (Fsp3) is 0.158. The summed E-state index contributed by atoms with van der Waals surface area (Å²) in [5.74, 6) is 1.58. The zero-order chi connectivity index (χ0) is 17.8. The summed E-state index contributed by atoms with van der Waals surface area (Å²) >= 11 is 0. The van der Waals surface area contributed by atoms with Crippen LogP contribution in [0.15, 0.2) is 53.2 Å². The molecule has 0 amide bonds. The summed E-state index contributed by atoms with van der Waals surface area (Å²) in [6.07, 6.45) is 1.64. The van der Waals surface area contributed by atoms with E-state index in [4.69, 9.17) is 18.9 Å². The highest BCUT2D eigenvalue weighted by molar-refractivity contribution is 6.13. The summed E-state index contributed by atoms with van der Waals surface area (Å²) in [6, 6.07) is 12.5. The van der Waals surface area contributed by atoms with E-state index in [0.29, 0.717) is 22.8 Å². The van der Waals surface area contributed by atoms with Gasteiger partial charge in [0.25, 0.3) is 0 Å². The van der Waals surface area contributed by atoms with Gasteiger partial charge in [-0.2, -0.15) is 0 Å². The normalized spacial score (nSPS) is 14.9. The third-order valence-corrected chi connectivity index (χ3v) is 3.65. The van der Waals surface area contributed by atoms with Gasteiger partial charge in [-0.3, -0.25) is 0 Å². The van der Waals surface area contributed by atoms with Crippen molar-refractivity contribution in [3.05, 3.63) is 59.3 Å². The number of methoxy groups -OCH3 is 3. The molecule has 6 nitrogen and oxygen atoms in total. The molecule has 1 heterocycles. The molecule has 0 bridgehead atoms. The molecule has 1 aliphatic rings. The minimum absolute atomic E-state index is 0.213. The molecule has 25 heavy (non-hydrogen) atoms. The fourth-order valence-electron chi connectivity index (χ4n) is 2.39. The number of rotatable bonds is 5. The van der Waals surface area contributed by atoms with E-state index in [1.807, 2.05) is 0 Å². The van der Waals surface area contributed by atoms with Gasteiger partial charge in [0.1, 0.15) is 5.75 Å². The molecule has 0 saturated heterocycles. The Kier molecular flexibility index (Phi) is 4.70. The van der Waals surface area contributed by atoms with Gasteiger partial charge in [-0.25, -0.2) is 9.79 Å². The van der Waals surface area contributed by atoms with Crippen molar-refractivity contribution in [2.24, 2.45) is 4.99 Å². The molecule has 0 N–H and O–H groups in total. The van der Waals surface area contributed by atoms with E-state index in [0.717, 1.165) is 5.56 Å². The van der Waals surface area contributed by atoms with Crippen LogP contribution in [-0.4, -0.2) is 33.2 Å². The monoisotopic (exact) mass is 339 g/mol. The highest BCUT2D eigenvalue weighted by Gasteiger charge is 2.24. The first-order chi connectivity index (χ1) is 12.1. The number of carbonyl (C=O) groups excluding carboxylic acids is 1. The van der Waals surface area contributed by atoms with Gasteiger partial charge in [0.15, 0.2) is 17.2 Å². The van der Waals surface area contributed by atoms with Gasteiger partial charge in [-0.15, -0.1) is 0 Å². The Morgan fingerprint density at radius 2 is 1.76 bits per heavy atom. The molecule has 0 unspecified atom stereocenters. The molecular formula is C19H17NO5. The molecule has 0 saturated carbocycles. The molecule has 2 aromatic carbocycles.